The van der Waals surface area contributed by atoms with Crippen molar-refractivity contribution in [3.05, 3.63) is 70.5 Å². The van der Waals surface area contributed by atoms with E-state index < -0.39 is 6.04 Å². The molecule has 1 heterocycles. The lowest BCUT2D eigenvalue weighted by molar-refractivity contribution is -0.128. The van der Waals surface area contributed by atoms with Crippen LogP contribution in [0.15, 0.2) is 42.5 Å². The van der Waals surface area contributed by atoms with Crippen LogP contribution in [0.4, 0.5) is 4.39 Å². The van der Waals surface area contributed by atoms with Crippen LogP contribution in [0.25, 0.3) is 0 Å². The summed E-state index contributed by atoms with van der Waals surface area (Å²) in [7, 11) is 0. The number of nitrogens with zero attached hydrogens (tertiary/aromatic N) is 1. The summed E-state index contributed by atoms with van der Waals surface area (Å²) in [6.07, 6.45) is 0. The highest BCUT2D eigenvalue weighted by Gasteiger charge is 2.34. The van der Waals surface area contributed by atoms with Crippen molar-refractivity contribution in [3.63, 3.8) is 0 Å². The lowest BCUT2D eigenvalue weighted by atomic mass is 10.00. The predicted molar refractivity (Wildman–Crippen MR) is 89.1 cm³/mol. The van der Waals surface area contributed by atoms with E-state index >= 15 is 0 Å². The van der Waals surface area contributed by atoms with Gasteiger partial charge < -0.3 is 10.2 Å². The number of hydrogen-bond donors (Lipinski definition) is 1. The summed E-state index contributed by atoms with van der Waals surface area (Å²) < 4.78 is 13.2. The van der Waals surface area contributed by atoms with Gasteiger partial charge in [-0.3, -0.25) is 9.59 Å². The molecule has 4 nitrogen and oxygen atoms in total. The lowest BCUT2D eigenvalue weighted by Gasteiger charge is -2.35. The highest BCUT2D eigenvalue weighted by molar-refractivity contribution is 5.98. The van der Waals surface area contributed by atoms with E-state index in [-0.39, 0.29) is 17.6 Å². The van der Waals surface area contributed by atoms with Crippen LogP contribution >= 0.6 is 0 Å². The zero-order valence-corrected chi connectivity index (χ0v) is 13.7. The van der Waals surface area contributed by atoms with E-state index in [2.05, 4.69) is 5.32 Å². The average molecular weight is 326 g/mol. The number of amides is 2. The molecule has 1 N–H and O–H groups in total. The number of piperazine rings is 1. The van der Waals surface area contributed by atoms with Crippen LogP contribution in [0.5, 0.6) is 0 Å². The Hall–Kier alpha value is -2.69. The van der Waals surface area contributed by atoms with Crippen molar-refractivity contribution in [2.45, 2.75) is 19.9 Å². The normalized spacial score (nSPS) is 17.5. The van der Waals surface area contributed by atoms with Gasteiger partial charge in [0.2, 0.25) is 5.91 Å². The zero-order valence-electron chi connectivity index (χ0n) is 13.7. The Morgan fingerprint density at radius 3 is 2.50 bits per heavy atom. The summed E-state index contributed by atoms with van der Waals surface area (Å²) in [5, 5.41) is 2.78. The average Bonchev–Trinajstić information content (AvgIpc) is 2.57. The second kappa shape index (κ2) is 6.43. The van der Waals surface area contributed by atoms with Crippen molar-refractivity contribution < 1.29 is 14.0 Å². The van der Waals surface area contributed by atoms with E-state index in [4.69, 9.17) is 0 Å². The van der Waals surface area contributed by atoms with E-state index in [1.54, 1.807) is 23.1 Å². The van der Waals surface area contributed by atoms with Crippen LogP contribution in [0.2, 0.25) is 0 Å². The first-order chi connectivity index (χ1) is 11.5. The van der Waals surface area contributed by atoms with Crippen LogP contribution in [0.1, 0.15) is 33.1 Å². The molecular weight excluding hydrogens is 307 g/mol. The number of carbonyl (C=O) groups excluding carboxylic acids is 2. The Morgan fingerprint density at radius 2 is 1.83 bits per heavy atom. The van der Waals surface area contributed by atoms with Crippen LogP contribution in [0.3, 0.4) is 0 Å². The minimum Gasteiger partial charge on any atom is -0.352 e. The van der Waals surface area contributed by atoms with Gasteiger partial charge in [0.1, 0.15) is 11.9 Å². The fourth-order valence-electron chi connectivity index (χ4n) is 2.90. The number of benzene rings is 2. The third kappa shape index (κ3) is 3.02. The highest BCUT2D eigenvalue weighted by atomic mass is 19.1. The van der Waals surface area contributed by atoms with Crippen molar-refractivity contribution in [2.24, 2.45) is 0 Å². The topological polar surface area (TPSA) is 49.4 Å². The Bertz CT molecular complexity index is 786. The Labute approximate surface area is 140 Å². The third-order valence-electron chi connectivity index (χ3n) is 4.41. The largest absolute Gasteiger partial charge is 0.352 e. The van der Waals surface area contributed by atoms with Crippen molar-refractivity contribution in [3.8, 4) is 0 Å². The van der Waals surface area contributed by atoms with E-state index in [1.807, 2.05) is 26.0 Å². The maximum absolute atomic E-state index is 13.2. The Kier molecular flexibility index (Phi) is 4.34. The first-order valence-electron chi connectivity index (χ1n) is 7.89. The van der Waals surface area contributed by atoms with Crippen molar-refractivity contribution in [2.75, 3.05) is 13.1 Å². The van der Waals surface area contributed by atoms with Gasteiger partial charge in [-0.25, -0.2) is 4.39 Å². The first-order valence-corrected chi connectivity index (χ1v) is 7.89. The fourth-order valence-corrected chi connectivity index (χ4v) is 2.90. The first kappa shape index (κ1) is 16.2. The summed E-state index contributed by atoms with van der Waals surface area (Å²) in [6, 6.07) is 10.5. The maximum atomic E-state index is 13.2. The van der Waals surface area contributed by atoms with Crippen LogP contribution in [-0.4, -0.2) is 29.8 Å². The van der Waals surface area contributed by atoms with Crippen LogP contribution < -0.4 is 5.32 Å². The molecule has 1 aliphatic rings. The summed E-state index contributed by atoms with van der Waals surface area (Å²) in [5.74, 6) is -0.811. The second-order valence-electron chi connectivity index (χ2n) is 6.04. The van der Waals surface area contributed by atoms with E-state index in [1.165, 1.54) is 12.1 Å². The van der Waals surface area contributed by atoms with Crippen LogP contribution in [0, 0.1) is 19.7 Å². The number of rotatable bonds is 2. The molecule has 0 aromatic heterocycles. The molecular formula is C19H19FN2O2. The number of nitrogens with one attached hydrogen (secondary N) is 1. The van der Waals surface area contributed by atoms with Gasteiger partial charge in [-0.05, 0) is 54.8 Å². The molecule has 2 amide bonds. The SMILES string of the molecule is Cc1ccc(C(=O)N2CCNC(=O)C2c2ccc(F)cc2)cc1C. The Balaban J connectivity index is 1.96. The quantitative estimate of drug-likeness (QED) is 0.922. The fraction of sp³-hybridized carbons (Fsp3) is 0.263. The lowest BCUT2D eigenvalue weighted by Crippen LogP contribution is -2.52. The minimum absolute atomic E-state index is 0.192. The molecule has 1 saturated heterocycles. The standard InChI is InChI=1S/C19H19FN2O2/c1-12-3-4-15(11-13(12)2)19(24)22-10-9-21-18(23)17(22)14-5-7-16(20)8-6-14/h3-8,11,17H,9-10H2,1-2H3,(H,21,23). The van der Waals surface area contributed by atoms with Gasteiger partial charge in [0.15, 0.2) is 0 Å². The van der Waals surface area contributed by atoms with E-state index in [0.717, 1.165) is 11.1 Å². The van der Waals surface area contributed by atoms with Gasteiger partial charge in [0.25, 0.3) is 5.91 Å². The molecule has 0 saturated carbocycles. The molecule has 24 heavy (non-hydrogen) atoms. The summed E-state index contributed by atoms with van der Waals surface area (Å²) >= 11 is 0. The van der Waals surface area contributed by atoms with E-state index in [0.29, 0.717) is 24.2 Å². The number of aryl methyl sites for hydroxylation is 2. The molecule has 124 valence electrons. The molecule has 3 rings (SSSR count). The monoisotopic (exact) mass is 326 g/mol. The number of halogens is 1. The van der Waals surface area contributed by atoms with E-state index in [9.17, 15) is 14.0 Å². The molecule has 1 atom stereocenters. The molecule has 1 unspecified atom stereocenters. The molecule has 0 radical (unpaired) electrons. The van der Waals surface area contributed by atoms with Crippen LogP contribution in [-0.2, 0) is 4.79 Å². The summed E-state index contributed by atoms with van der Waals surface area (Å²) in [6.45, 7) is 4.76. The Morgan fingerprint density at radius 1 is 1.12 bits per heavy atom. The molecule has 2 aromatic carbocycles. The smallest absolute Gasteiger partial charge is 0.254 e. The molecule has 1 fully saturated rings. The zero-order chi connectivity index (χ0) is 17.3. The predicted octanol–water partition coefficient (Wildman–Crippen LogP) is 2.76. The van der Waals surface area contributed by atoms with Gasteiger partial charge in [-0.1, -0.05) is 18.2 Å². The second-order valence-corrected chi connectivity index (χ2v) is 6.04. The molecule has 0 aliphatic carbocycles. The molecule has 5 heteroatoms. The van der Waals surface area contributed by atoms with Gasteiger partial charge in [0, 0.05) is 18.7 Å². The van der Waals surface area contributed by atoms with Crippen molar-refractivity contribution >= 4 is 11.8 Å². The summed E-state index contributed by atoms with van der Waals surface area (Å²) in [4.78, 5) is 26.8. The molecule has 1 aliphatic heterocycles. The summed E-state index contributed by atoms with van der Waals surface area (Å²) in [5.41, 5.74) is 3.30. The number of hydrogen-bond acceptors (Lipinski definition) is 2. The van der Waals surface area contributed by atoms with Gasteiger partial charge in [-0.15, -0.1) is 0 Å². The highest BCUT2D eigenvalue weighted by Crippen LogP contribution is 2.26. The maximum Gasteiger partial charge on any atom is 0.254 e. The minimum atomic E-state index is -0.742. The van der Waals surface area contributed by atoms with Crippen molar-refractivity contribution in [1.29, 1.82) is 0 Å². The van der Waals surface area contributed by atoms with Gasteiger partial charge in [0.05, 0.1) is 0 Å². The molecule has 2 aromatic rings. The third-order valence-corrected chi connectivity index (χ3v) is 4.41. The number of carbonyl (C=O) groups is 2. The van der Waals surface area contributed by atoms with Gasteiger partial charge in [-0.2, -0.15) is 0 Å². The molecule has 0 spiro atoms. The van der Waals surface area contributed by atoms with Crippen molar-refractivity contribution in [1.82, 2.24) is 10.2 Å². The van der Waals surface area contributed by atoms with Gasteiger partial charge >= 0.3 is 0 Å². The molecule has 0 bridgehead atoms.